The molecule has 1 N–H and O–H groups in total. The Bertz CT molecular complexity index is 1610. The van der Waals surface area contributed by atoms with Crippen LogP contribution >= 0.6 is 0 Å². The van der Waals surface area contributed by atoms with Crippen LogP contribution < -0.4 is 0 Å². The van der Waals surface area contributed by atoms with E-state index in [0.717, 1.165) is 122 Å². The Hall–Kier alpha value is -4.79. The van der Waals surface area contributed by atoms with Crippen molar-refractivity contribution >= 4 is 17.9 Å². The van der Waals surface area contributed by atoms with Gasteiger partial charge in [0, 0.05) is 19.3 Å². The fourth-order valence-electron chi connectivity index (χ4n) is 6.57. The van der Waals surface area contributed by atoms with E-state index in [1.54, 1.807) is 0 Å². The molecule has 0 heterocycles. The summed E-state index contributed by atoms with van der Waals surface area (Å²) in [6.07, 6.45) is 71.9. The lowest BCUT2D eigenvalue weighted by Gasteiger charge is -2.31. The van der Waals surface area contributed by atoms with Gasteiger partial charge >= 0.3 is 17.9 Å². The molecule has 0 aliphatic heterocycles. The largest absolute Gasteiger partial charge is 0.477 e. The molecule has 0 radical (unpaired) electrons. The number of likely N-dealkylation sites (N-methyl/N-ethyl adjacent to an activating group) is 1. The first kappa shape index (κ1) is 63.2. The number of aliphatic carboxylic acids is 1. The van der Waals surface area contributed by atoms with Crippen LogP contribution in [0.2, 0.25) is 0 Å². The molecule has 0 spiro atoms. The highest BCUT2D eigenvalue weighted by Gasteiger charge is 2.31. The van der Waals surface area contributed by atoms with Gasteiger partial charge in [0.25, 0.3) is 0 Å². The van der Waals surface area contributed by atoms with Crippen LogP contribution in [-0.2, 0) is 28.6 Å². The van der Waals surface area contributed by atoms with Gasteiger partial charge in [-0.15, -0.1) is 0 Å². The Morgan fingerprint density at radius 1 is 0.441 bits per heavy atom. The summed E-state index contributed by atoms with van der Waals surface area (Å²) in [5.41, 5.74) is 0. The predicted molar refractivity (Wildman–Crippen MR) is 288 cm³/mol. The molecule has 0 aliphatic rings. The summed E-state index contributed by atoms with van der Waals surface area (Å²) in [6, 6.07) is -0.638. The summed E-state index contributed by atoms with van der Waals surface area (Å²) in [5, 5.41) is 9.66. The maximum Gasteiger partial charge on any atom is 0.362 e. The summed E-state index contributed by atoms with van der Waals surface area (Å²) in [7, 11) is 5.49. The van der Waals surface area contributed by atoms with Crippen molar-refractivity contribution in [3.05, 3.63) is 146 Å². The molecule has 0 aromatic carbocycles. The van der Waals surface area contributed by atoms with E-state index < -0.39 is 18.1 Å². The molecule has 2 unspecified atom stereocenters. The average Bonchev–Trinajstić information content (AvgIpc) is 3.30. The quantitative estimate of drug-likeness (QED) is 0.0281. The highest BCUT2D eigenvalue weighted by molar-refractivity contribution is 5.72. The number of carboxylic acid groups (broad SMARTS) is 1. The number of allylic oxidation sites excluding steroid dienone is 24. The zero-order valence-corrected chi connectivity index (χ0v) is 43.2. The van der Waals surface area contributed by atoms with Crippen LogP contribution in [0, 0.1) is 0 Å². The fourth-order valence-corrected chi connectivity index (χ4v) is 6.57. The molecular formula is C60H94NO7+. The van der Waals surface area contributed by atoms with Crippen molar-refractivity contribution in [3.63, 3.8) is 0 Å². The van der Waals surface area contributed by atoms with Crippen molar-refractivity contribution < 1.29 is 38.2 Å². The Labute approximate surface area is 415 Å². The summed E-state index contributed by atoms with van der Waals surface area (Å²) in [5.74, 6) is -1.58. The number of nitrogens with zero attached hydrogens (tertiary/aromatic N) is 1. The molecule has 0 aromatic heterocycles. The second-order valence-corrected chi connectivity index (χ2v) is 17.7. The third-order valence-electron chi connectivity index (χ3n) is 10.5. The first-order chi connectivity index (χ1) is 33.1. The Balaban J connectivity index is 4.43. The number of esters is 2. The molecule has 0 aliphatic carbocycles. The smallest absolute Gasteiger partial charge is 0.362 e. The maximum atomic E-state index is 12.8. The zero-order valence-electron chi connectivity index (χ0n) is 43.2. The number of carbonyl (C=O) groups excluding carboxylic acids is 2. The summed E-state index contributed by atoms with van der Waals surface area (Å²) in [4.78, 5) is 37.2. The lowest BCUT2D eigenvalue weighted by atomic mass is 10.1. The van der Waals surface area contributed by atoms with Crippen LogP contribution in [0.1, 0.15) is 162 Å². The van der Waals surface area contributed by atoms with Gasteiger partial charge in [0.15, 0.2) is 12.1 Å². The minimum atomic E-state index is -0.893. The molecule has 8 nitrogen and oxygen atoms in total. The molecule has 0 fully saturated rings. The lowest BCUT2D eigenvalue weighted by Crippen LogP contribution is -2.50. The minimum Gasteiger partial charge on any atom is -0.477 e. The van der Waals surface area contributed by atoms with E-state index in [1.807, 2.05) is 21.1 Å². The van der Waals surface area contributed by atoms with E-state index >= 15 is 0 Å². The first-order valence-corrected chi connectivity index (χ1v) is 25.9. The molecule has 0 rings (SSSR count). The number of hydrogen-bond donors (Lipinski definition) is 1. The van der Waals surface area contributed by atoms with Crippen LogP contribution in [0.3, 0.4) is 0 Å². The normalized spacial score (nSPS) is 14.1. The number of unbranched alkanes of at least 4 members (excludes halogenated alkanes) is 6. The monoisotopic (exact) mass is 941 g/mol. The molecular weight excluding hydrogens is 847 g/mol. The minimum absolute atomic E-state index is 0.0234. The molecule has 0 saturated carbocycles. The van der Waals surface area contributed by atoms with Crippen LogP contribution in [0.25, 0.3) is 0 Å². The van der Waals surface area contributed by atoms with Gasteiger partial charge in [0.1, 0.15) is 6.61 Å². The molecule has 0 bridgehead atoms. The van der Waals surface area contributed by atoms with Crippen molar-refractivity contribution in [1.29, 1.82) is 0 Å². The number of ether oxygens (including phenoxy) is 3. The fraction of sp³-hybridized carbons (Fsp3) is 0.550. The van der Waals surface area contributed by atoms with E-state index in [-0.39, 0.29) is 42.7 Å². The Kier molecular flexibility index (Phi) is 45.2. The third kappa shape index (κ3) is 46.3. The van der Waals surface area contributed by atoms with Gasteiger partial charge in [-0.1, -0.05) is 173 Å². The lowest BCUT2D eigenvalue weighted by molar-refractivity contribution is -0.887. The number of hydrogen-bond acceptors (Lipinski definition) is 6. The average molecular weight is 941 g/mol. The highest BCUT2D eigenvalue weighted by Crippen LogP contribution is 2.12. The van der Waals surface area contributed by atoms with Gasteiger partial charge in [-0.05, 0) is 116 Å². The topological polar surface area (TPSA) is 99.1 Å². The number of carbonyl (C=O) groups is 3. The van der Waals surface area contributed by atoms with Gasteiger partial charge < -0.3 is 23.8 Å². The first-order valence-electron chi connectivity index (χ1n) is 25.9. The van der Waals surface area contributed by atoms with Crippen LogP contribution in [0.5, 0.6) is 0 Å². The van der Waals surface area contributed by atoms with Crippen molar-refractivity contribution in [2.45, 2.75) is 174 Å². The van der Waals surface area contributed by atoms with E-state index in [0.29, 0.717) is 19.3 Å². The second kappa shape index (κ2) is 48.7. The number of quaternary nitrogens is 1. The Morgan fingerprint density at radius 3 is 1.16 bits per heavy atom. The molecule has 2 atom stereocenters. The zero-order chi connectivity index (χ0) is 49.9. The van der Waals surface area contributed by atoms with E-state index in [4.69, 9.17) is 14.2 Å². The molecule has 0 aromatic rings. The van der Waals surface area contributed by atoms with Crippen LogP contribution in [-0.4, -0.2) is 80.6 Å². The molecule has 68 heavy (non-hydrogen) atoms. The second-order valence-electron chi connectivity index (χ2n) is 17.7. The van der Waals surface area contributed by atoms with Crippen molar-refractivity contribution in [2.75, 3.05) is 41.0 Å². The van der Waals surface area contributed by atoms with Gasteiger partial charge in [-0.3, -0.25) is 9.59 Å². The van der Waals surface area contributed by atoms with E-state index in [1.165, 1.54) is 0 Å². The van der Waals surface area contributed by atoms with Crippen LogP contribution in [0.4, 0.5) is 0 Å². The maximum absolute atomic E-state index is 12.8. The molecule has 0 saturated heterocycles. The Morgan fingerprint density at radius 2 is 0.779 bits per heavy atom. The number of rotatable bonds is 44. The number of carboxylic acids is 1. The summed E-state index contributed by atoms with van der Waals surface area (Å²) < 4.78 is 17.3. The molecule has 8 heteroatoms. The van der Waals surface area contributed by atoms with E-state index in [9.17, 15) is 19.5 Å². The van der Waals surface area contributed by atoms with Gasteiger partial charge in [-0.25, -0.2) is 4.79 Å². The van der Waals surface area contributed by atoms with Crippen molar-refractivity contribution in [1.82, 2.24) is 0 Å². The third-order valence-corrected chi connectivity index (χ3v) is 10.5. The van der Waals surface area contributed by atoms with E-state index in [2.05, 4.69) is 160 Å². The predicted octanol–water partition coefficient (Wildman–Crippen LogP) is 15.3. The standard InChI is InChI=1S/C60H93NO7/c1-6-8-10-12-14-16-18-20-22-24-26-28-29-31-32-34-36-38-40-42-44-46-48-50-58(62)67-55-56(54-66-53-52-57(60(64)65)61(3,4)5)68-59(63)51-49-47-45-43-41-39-37-35-33-30-27-25-23-21-19-17-15-13-11-9-7-2/h8-11,14-17,20-23,26-28,30-32,35-38,41,43,56-57H,6-7,12-13,18-19,24-25,29,33-34,39-40,42,44-55H2,1-5H3/p+1/b10-8+,11-9+,16-14+,17-15+,22-20+,23-21+,28-26+,30-27+,32-31+,37-35+,38-36+,43-41+. The highest BCUT2D eigenvalue weighted by atomic mass is 16.6. The SMILES string of the molecule is CC/C=C/C/C=C/C/C=C/C/C=C/C/C=C/C/C=C/CCCCCCC(=O)OCC(COCCC(C(=O)O)[N+](C)(C)C)OC(=O)CCCC/C=C/C/C=C/C/C=C/C/C=C/C/C=C/C/C=C/CC. The van der Waals surface area contributed by atoms with Crippen LogP contribution in [0.15, 0.2) is 146 Å². The van der Waals surface area contributed by atoms with Gasteiger partial charge in [0.2, 0.25) is 0 Å². The molecule has 0 amide bonds. The van der Waals surface area contributed by atoms with Gasteiger partial charge in [0.05, 0.1) is 34.4 Å². The van der Waals surface area contributed by atoms with Crippen molar-refractivity contribution in [3.8, 4) is 0 Å². The van der Waals surface area contributed by atoms with Crippen molar-refractivity contribution in [2.24, 2.45) is 0 Å². The summed E-state index contributed by atoms with van der Waals surface area (Å²) in [6.45, 7) is 4.41. The summed E-state index contributed by atoms with van der Waals surface area (Å²) >= 11 is 0. The van der Waals surface area contributed by atoms with Gasteiger partial charge in [-0.2, -0.15) is 0 Å². The molecule has 380 valence electrons.